The number of nitrogens with two attached hydrogens (primary N) is 1. The predicted octanol–water partition coefficient (Wildman–Crippen LogP) is 4.45. The van der Waals surface area contributed by atoms with Gasteiger partial charge in [-0.05, 0) is 55.9 Å². The van der Waals surface area contributed by atoms with Crippen LogP contribution in [0.3, 0.4) is 0 Å². The molecule has 2 heteroatoms. The zero-order valence-corrected chi connectivity index (χ0v) is 13.3. The molecule has 18 heavy (non-hydrogen) atoms. The summed E-state index contributed by atoms with van der Waals surface area (Å²) in [7, 11) is 0. The molecule has 1 nitrogen and oxygen atoms in total. The summed E-state index contributed by atoms with van der Waals surface area (Å²) in [6, 6.07) is 0. The smallest absolute Gasteiger partial charge is 0.00929 e. The summed E-state index contributed by atoms with van der Waals surface area (Å²) in [5.74, 6) is 1.69. The molecule has 0 heterocycles. The molecule has 2 aliphatic carbocycles. The van der Waals surface area contributed by atoms with Crippen molar-refractivity contribution in [1.29, 1.82) is 0 Å². The molecule has 2 N–H and O–H groups in total. The first-order valence-electron chi connectivity index (χ1n) is 7.86. The first kappa shape index (κ1) is 14.7. The minimum atomic E-state index is 0.480. The number of thioether (sulfide) groups is 1. The quantitative estimate of drug-likeness (QED) is 0.819. The van der Waals surface area contributed by atoms with Gasteiger partial charge in [-0.25, -0.2) is 0 Å². The maximum absolute atomic E-state index is 6.01. The van der Waals surface area contributed by atoms with E-state index in [1.807, 2.05) is 0 Å². The maximum Gasteiger partial charge on any atom is 0.00929 e. The fourth-order valence-corrected chi connectivity index (χ4v) is 5.60. The number of rotatable bonds is 3. The van der Waals surface area contributed by atoms with E-state index in [0.717, 1.165) is 28.9 Å². The monoisotopic (exact) mass is 269 g/mol. The maximum atomic E-state index is 6.01. The Morgan fingerprint density at radius 3 is 2.28 bits per heavy atom. The second kappa shape index (κ2) is 6.17. The minimum absolute atomic E-state index is 0.480. The van der Waals surface area contributed by atoms with Gasteiger partial charge in [0.15, 0.2) is 0 Å². The molecule has 2 aliphatic rings. The second-order valence-electron chi connectivity index (χ2n) is 7.45. The van der Waals surface area contributed by atoms with Crippen molar-refractivity contribution in [1.82, 2.24) is 0 Å². The first-order chi connectivity index (χ1) is 8.50. The Balaban J connectivity index is 1.94. The molecule has 0 amide bonds. The average Bonchev–Trinajstić information content (AvgIpc) is 2.80. The molecule has 2 saturated carbocycles. The molecule has 0 aromatic carbocycles. The first-order valence-corrected chi connectivity index (χ1v) is 8.80. The van der Waals surface area contributed by atoms with Crippen LogP contribution in [0.2, 0.25) is 0 Å². The van der Waals surface area contributed by atoms with Gasteiger partial charge in [-0.3, -0.25) is 0 Å². The second-order valence-corrected chi connectivity index (χ2v) is 9.00. The molecular weight excluding hydrogens is 238 g/mol. The van der Waals surface area contributed by atoms with Gasteiger partial charge in [0, 0.05) is 10.5 Å². The molecule has 106 valence electrons. The minimum Gasteiger partial charge on any atom is -0.330 e. The van der Waals surface area contributed by atoms with Crippen LogP contribution in [-0.4, -0.2) is 17.0 Å². The van der Waals surface area contributed by atoms with Crippen molar-refractivity contribution in [3.8, 4) is 0 Å². The van der Waals surface area contributed by atoms with Crippen molar-refractivity contribution in [3.63, 3.8) is 0 Å². The van der Waals surface area contributed by atoms with Gasteiger partial charge in [0.25, 0.3) is 0 Å². The highest BCUT2D eigenvalue weighted by Gasteiger charge is 2.36. The molecule has 0 bridgehead atoms. The van der Waals surface area contributed by atoms with Gasteiger partial charge in [0.1, 0.15) is 0 Å². The molecule has 3 atom stereocenters. The zero-order chi connectivity index (χ0) is 13.2. The van der Waals surface area contributed by atoms with Crippen LogP contribution in [0.1, 0.15) is 65.7 Å². The van der Waals surface area contributed by atoms with E-state index >= 15 is 0 Å². The van der Waals surface area contributed by atoms with Crippen molar-refractivity contribution in [2.24, 2.45) is 23.0 Å². The zero-order valence-electron chi connectivity index (χ0n) is 12.5. The van der Waals surface area contributed by atoms with Crippen LogP contribution in [0.4, 0.5) is 0 Å². The topological polar surface area (TPSA) is 26.0 Å². The number of hydrogen-bond acceptors (Lipinski definition) is 2. The standard InChI is InChI=1S/C16H31NS/c1-16(2,3)13-9-8-12(11-17)15(10-13)18-14-6-4-5-7-14/h12-15H,4-11,17H2,1-3H3. The summed E-state index contributed by atoms with van der Waals surface area (Å²) in [6.45, 7) is 8.15. The van der Waals surface area contributed by atoms with E-state index in [1.54, 1.807) is 0 Å². The Labute approximate surface area is 118 Å². The highest BCUT2D eigenvalue weighted by Crippen LogP contribution is 2.46. The van der Waals surface area contributed by atoms with Crippen molar-refractivity contribution in [2.75, 3.05) is 6.54 Å². The summed E-state index contributed by atoms with van der Waals surface area (Å²) in [6.07, 6.45) is 10.0. The molecule has 0 saturated heterocycles. The van der Waals surface area contributed by atoms with Gasteiger partial charge in [0.05, 0.1) is 0 Å². The van der Waals surface area contributed by atoms with Gasteiger partial charge in [-0.15, -0.1) is 0 Å². The lowest BCUT2D eigenvalue weighted by Gasteiger charge is -2.42. The van der Waals surface area contributed by atoms with Gasteiger partial charge >= 0.3 is 0 Å². The molecule has 2 fully saturated rings. The average molecular weight is 269 g/mol. The van der Waals surface area contributed by atoms with Crippen LogP contribution in [0, 0.1) is 17.3 Å². The van der Waals surface area contributed by atoms with E-state index in [2.05, 4.69) is 32.5 Å². The molecule has 0 radical (unpaired) electrons. The van der Waals surface area contributed by atoms with Gasteiger partial charge in [-0.1, -0.05) is 33.6 Å². The summed E-state index contributed by atoms with van der Waals surface area (Å²) in [5.41, 5.74) is 6.49. The summed E-state index contributed by atoms with van der Waals surface area (Å²) in [4.78, 5) is 0. The van der Waals surface area contributed by atoms with Crippen LogP contribution in [0.5, 0.6) is 0 Å². The SMILES string of the molecule is CC(C)(C)C1CCC(CN)C(SC2CCCC2)C1. The van der Waals surface area contributed by atoms with E-state index in [9.17, 15) is 0 Å². The van der Waals surface area contributed by atoms with Crippen molar-refractivity contribution in [3.05, 3.63) is 0 Å². The van der Waals surface area contributed by atoms with E-state index in [1.165, 1.54) is 44.9 Å². The fraction of sp³-hybridized carbons (Fsp3) is 1.00. The van der Waals surface area contributed by atoms with Gasteiger partial charge < -0.3 is 5.73 Å². The van der Waals surface area contributed by atoms with Gasteiger partial charge in [-0.2, -0.15) is 11.8 Å². The van der Waals surface area contributed by atoms with E-state index in [0.29, 0.717) is 5.41 Å². The normalized spacial score (nSPS) is 35.0. The molecule has 0 aromatic heterocycles. The Hall–Kier alpha value is 0.310. The molecule has 3 unspecified atom stereocenters. The molecule has 0 aliphatic heterocycles. The Bertz CT molecular complexity index is 252. The molecule has 0 aromatic rings. The summed E-state index contributed by atoms with van der Waals surface area (Å²) < 4.78 is 0. The van der Waals surface area contributed by atoms with Crippen LogP contribution in [0.25, 0.3) is 0 Å². The van der Waals surface area contributed by atoms with Crippen LogP contribution in [-0.2, 0) is 0 Å². The van der Waals surface area contributed by atoms with E-state index in [-0.39, 0.29) is 0 Å². The lowest BCUT2D eigenvalue weighted by atomic mass is 9.69. The van der Waals surface area contributed by atoms with Gasteiger partial charge in [0.2, 0.25) is 0 Å². The molecular formula is C16H31NS. The lowest BCUT2D eigenvalue weighted by Crippen LogP contribution is -2.37. The summed E-state index contributed by atoms with van der Waals surface area (Å²) in [5, 5.41) is 1.79. The molecule has 0 spiro atoms. The van der Waals surface area contributed by atoms with Crippen LogP contribution < -0.4 is 5.73 Å². The number of hydrogen-bond donors (Lipinski definition) is 1. The fourth-order valence-electron chi connectivity index (χ4n) is 3.69. The van der Waals surface area contributed by atoms with Crippen LogP contribution >= 0.6 is 11.8 Å². The predicted molar refractivity (Wildman–Crippen MR) is 83.0 cm³/mol. The van der Waals surface area contributed by atoms with Crippen molar-refractivity contribution >= 4 is 11.8 Å². The lowest BCUT2D eigenvalue weighted by molar-refractivity contribution is 0.157. The third kappa shape index (κ3) is 3.66. The van der Waals surface area contributed by atoms with Crippen molar-refractivity contribution in [2.45, 2.75) is 76.2 Å². The molecule has 2 rings (SSSR count). The van der Waals surface area contributed by atoms with E-state index in [4.69, 9.17) is 5.73 Å². The Morgan fingerprint density at radius 2 is 1.72 bits per heavy atom. The third-order valence-electron chi connectivity index (χ3n) is 5.13. The van der Waals surface area contributed by atoms with Crippen molar-refractivity contribution < 1.29 is 0 Å². The van der Waals surface area contributed by atoms with E-state index < -0.39 is 0 Å². The Morgan fingerprint density at radius 1 is 1.06 bits per heavy atom. The Kier molecular flexibility index (Phi) is 5.05. The highest BCUT2D eigenvalue weighted by atomic mass is 32.2. The third-order valence-corrected chi connectivity index (χ3v) is 6.91. The van der Waals surface area contributed by atoms with Crippen LogP contribution in [0.15, 0.2) is 0 Å². The largest absolute Gasteiger partial charge is 0.330 e. The summed E-state index contributed by atoms with van der Waals surface area (Å²) >= 11 is 2.30. The highest BCUT2D eigenvalue weighted by molar-refractivity contribution is 8.00.